The molecule has 3 heterocycles. The zero-order chi connectivity index (χ0) is 47.1. The van der Waals surface area contributed by atoms with Gasteiger partial charge in [-0.05, 0) is 181 Å². The summed E-state index contributed by atoms with van der Waals surface area (Å²) in [5.41, 5.74) is 23.5. The van der Waals surface area contributed by atoms with E-state index in [1.54, 1.807) is 16.0 Å². The van der Waals surface area contributed by atoms with Crippen LogP contribution in [0.2, 0.25) is 0 Å². The van der Waals surface area contributed by atoms with E-state index >= 15 is 0 Å². The highest BCUT2D eigenvalue weighted by molar-refractivity contribution is 7.29. The van der Waals surface area contributed by atoms with Crippen molar-refractivity contribution in [1.82, 2.24) is 0 Å². The van der Waals surface area contributed by atoms with Crippen molar-refractivity contribution in [1.29, 1.82) is 0 Å². The van der Waals surface area contributed by atoms with Crippen LogP contribution in [-0.2, 0) is 43.3 Å². The van der Waals surface area contributed by atoms with Crippen LogP contribution in [0.5, 0.6) is 0 Å². The number of rotatable bonds is 2. The molecule has 0 saturated carbocycles. The van der Waals surface area contributed by atoms with E-state index in [2.05, 4.69) is 213 Å². The maximum absolute atomic E-state index is 2.79. The topological polar surface area (TPSA) is 6.48 Å². The van der Waals surface area contributed by atoms with Crippen molar-refractivity contribution >= 4 is 67.9 Å². The average molecular weight is 883 g/mol. The van der Waals surface area contributed by atoms with Gasteiger partial charge in [-0.25, -0.2) is 0 Å². The maximum Gasteiger partial charge on any atom is 0.264 e. The molecule has 1 aromatic heterocycles. The van der Waals surface area contributed by atoms with E-state index in [9.17, 15) is 0 Å². The lowest BCUT2D eigenvalue weighted by Gasteiger charge is -2.48. The summed E-state index contributed by atoms with van der Waals surface area (Å²) in [5, 5.41) is 0. The monoisotopic (exact) mass is 883 g/mol. The van der Waals surface area contributed by atoms with E-state index in [0.29, 0.717) is 0 Å². The highest BCUT2D eigenvalue weighted by atomic mass is 32.1. The number of hydrogen-bond acceptors (Lipinski definition) is 3. The molecule has 0 radical (unpaired) electrons. The van der Waals surface area contributed by atoms with Gasteiger partial charge in [-0.3, -0.25) is 0 Å². The van der Waals surface area contributed by atoms with E-state index in [1.165, 1.54) is 122 Å². The first-order valence-corrected chi connectivity index (χ1v) is 26.1. The van der Waals surface area contributed by atoms with Gasteiger partial charge in [0.05, 0.1) is 5.69 Å². The molecule has 0 bridgehead atoms. The number of benzene rings is 4. The van der Waals surface area contributed by atoms with Gasteiger partial charge < -0.3 is 9.80 Å². The first kappa shape index (κ1) is 45.0. The normalized spacial score (nSPS) is 21.4. The van der Waals surface area contributed by atoms with Crippen LogP contribution in [0, 0.1) is 6.92 Å². The maximum atomic E-state index is 2.79. The molecule has 10 rings (SSSR count). The predicted molar refractivity (Wildman–Crippen MR) is 286 cm³/mol. The molecular weight excluding hydrogens is 804 g/mol. The molecule has 4 heteroatoms. The summed E-state index contributed by atoms with van der Waals surface area (Å²) in [7, 11) is 0. The Bertz CT molecular complexity index is 2810. The van der Waals surface area contributed by atoms with Gasteiger partial charge in [-0.1, -0.05) is 149 Å². The SMILES string of the molecule is Cc1cc2c(cc1N1c3cc4c(cc3B3c5sc6c(c5N(c5ccc(C(C)(C)C)cc5)c5cc(C(C)(C)C)cc1c53)C(C)(C)CCC6(C)C)C(C)(C)CCC4(C)C)C(C)(C)CCC2(C)C. The Kier molecular flexibility index (Phi) is 9.49. The van der Waals surface area contributed by atoms with Crippen LogP contribution in [0.3, 0.4) is 0 Å². The minimum atomic E-state index is -0.0802. The van der Waals surface area contributed by atoms with Crippen molar-refractivity contribution in [2.45, 2.75) is 213 Å². The van der Waals surface area contributed by atoms with E-state index in [0.717, 1.165) is 0 Å². The van der Waals surface area contributed by atoms with Gasteiger partial charge in [0.1, 0.15) is 0 Å². The molecule has 0 unspecified atom stereocenters. The molecule has 0 fully saturated rings. The number of fused-ring (bicyclic) bond motifs is 8. The van der Waals surface area contributed by atoms with E-state index in [4.69, 9.17) is 0 Å². The summed E-state index contributed by atoms with van der Waals surface area (Å²) in [4.78, 5) is 7.16. The third-order valence-electron chi connectivity index (χ3n) is 17.8. The van der Waals surface area contributed by atoms with Crippen LogP contribution in [0.1, 0.15) is 213 Å². The Labute approximate surface area is 399 Å². The Morgan fingerprint density at radius 2 is 0.923 bits per heavy atom. The second-order valence-corrected chi connectivity index (χ2v) is 28.6. The zero-order valence-corrected chi connectivity index (χ0v) is 44.7. The Morgan fingerprint density at radius 3 is 1.45 bits per heavy atom. The summed E-state index contributed by atoms with van der Waals surface area (Å²) >= 11 is 2.16. The van der Waals surface area contributed by atoms with Gasteiger partial charge in [0.15, 0.2) is 0 Å². The fourth-order valence-electron chi connectivity index (χ4n) is 12.9. The molecule has 65 heavy (non-hydrogen) atoms. The van der Waals surface area contributed by atoms with Crippen LogP contribution in [0.15, 0.2) is 60.7 Å². The molecule has 0 spiro atoms. The molecule has 3 aliphatic carbocycles. The molecule has 342 valence electrons. The quantitative estimate of drug-likeness (QED) is 0.160. The van der Waals surface area contributed by atoms with Crippen LogP contribution in [-0.4, -0.2) is 6.71 Å². The van der Waals surface area contributed by atoms with Crippen LogP contribution < -0.4 is 25.5 Å². The van der Waals surface area contributed by atoms with E-state index < -0.39 is 0 Å². The molecule has 0 atom stereocenters. The lowest BCUT2D eigenvalue weighted by molar-refractivity contribution is 0.331. The lowest BCUT2D eigenvalue weighted by atomic mass is 9.35. The van der Waals surface area contributed by atoms with Crippen molar-refractivity contribution in [3.8, 4) is 0 Å². The van der Waals surface area contributed by atoms with Crippen LogP contribution >= 0.6 is 11.3 Å². The summed E-state index contributed by atoms with van der Waals surface area (Å²) < 4.78 is 1.54. The van der Waals surface area contributed by atoms with Gasteiger partial charge in [0.2, 0.25) is 0 Å². The largest absolute Gasteiger partial charge is 0.311 e. The molecule has 0 amide bonds. The summed E-state index contributed by atoms with van der Waals surface area (Å²) in [6.07, 6.45) is 7.19. The van der Waals surface area contributed by atoms with Crippen molar-refractivity contribution in [2.75, 3.05) is 9.80 Å². The standard InChI is InChI=1S/C61H79BN2S/c1-36-30-40-42(58(12,13)26-24-56(40,8)9)34-45(36)64-46-35-43-41(57(10,11)25-27-59(43,14)15)33-44(46)62-50-47(31-38(32-48(50)64)55(5,6)7)63(39-22-20-37(21-23-39)54(2,3)4)51-49-52(65-53(51)62)61(18,19)29-28-60(49,16)17/h20-23,30-35H,24-29H2,1-19H3. The minimum absolute atomic E-state index is 0.0345. The Morgan fingerprint density at radius 1 is 0.477 bits per heavy atom. The van der Waals surface area contributed by atoms with E-state index in [-0.39, 0.29) is 50.0 Å². The third-order valence-corrected chi connectivity index (χ3v) is 19.4. The smallest absolute Gasteiger partial charge is 0.264 e. The van der Waals surface area contributed by atoms with Gasteiger partial charge in [0, 0.05) is 38.1 Å². The third kappa shape index (κ3) is 6.65. The molecule has 2 nitrogen and oxygen atoms in total. The Balaban J connectivity index is 1.39. The molecule has 2 aliphatic heterocycles. The number of thiophene rings is 1. The van der Waals surface area contributed by atoms with Crippen LogP contribution in [0.25, 0.3) is 0 Å². The molecule has 5 aliphatic rings. The molecule has 0 saturated heterocycles. The van der Waals surface area contributed by atoms with Crippen LogP contribution in [0.4, 0.5) is 34.1 Å². The number of nitrogens with zero attached hydrogens (tertiary/aromatic N) is 2. The van der Waals surface area contributed by atoms with Gasteiger partial charge >= 0.3 is 0 Å². The van der Waals surface area contributed by atoms with Gasteiger partial charge in [0.25, 0.3) is 6.71 Å². The van der Waals surface area contributed by atoms with Crippen molar-refractivity contribution < 1.29 is 0 Å². The first-order valence-electron chi connectivity index (χ1n) is 25.3. The van der Waals surface area contributed by atoms with Gasteiger partial charge in [-0.2, -0.15) is 11.3 Å². The Hall–Kier alpha value is -3.76. The second kappa shape index (κ2) is 13.7. The molecular formula is C61H79BN2S. The summed E-state index contributed by atoms with van der Waals surface area (Å²) in [5.74, 6) is 0. The van der Waals surface area contributed by atoms with E-state index in [1.807, 2.05) is 0 Å². The number of anilines is 6. The second-order valence-electron chi connectivity index (χ2n) is 27.5. The van der Waals surface area contributed by atoms with Crippen molar-refractivity contribution in [3.63, 3.8) is 0 Å². The lowest BCUT2D eigenvalue weighted by Crippen LogP contribution is -2.61. The minimum Gasteiger partial charge on any atom is -0.311 e. The summed E-state index contributed by atoms with van der Waals surface area (Å²) in [6, 6.07) is 25.7. The number of hydrogen-bond donors (Lipinski definition) is 0. The van der Waals surface area contributed by atoms with Gasteiger partial charge in [-0.15, -0.1) is 0 Å². The highest BCUT2D eigenvalue weighted by Crippen LogP contribution is 2.58. The number of aryl methyl sites for hydroxylation is 1. The first-order chi connectivity index (χ1) is 29.9. The molecule has 4 aromatic carbocycles. The molecule has 0 N–H and O–H groups in total. The van der Waals surface area contributed by atoms with Crippen molar-refractivity contribution in [3.05, 3.63) is 110 Å². The summed E-state index contributed by atoms with van der Waals surface area (Å²) in [6.45, 7) is 46.9. The average Bonchev–Trinajstić information content (AvgIpc) is 3.62. The fourth-order valence-corrected chi connectivity index (χ4v) is 14.6. The highest BCUT2D eigenvalue weighted by Gasteiger charge is 2.52. The fraction of sp³-hybridized carbons (Fsp3) is 0.541. The van der Waals surface area contributed by atoms with Crippen molar-refractivity contribution in [2.24, 2.45) is 0 Å². The predicted octanol–water partition coefficient (Wildman–Crippen LogP) is 15.8. The zero-order valence-electron chi connectivity index (χ0n) is 43.9. The molecule has 5 aromatic rings.